The molecule has 1 aromatic carbocycles. The number of aryl methyl sites for hydroxylation is 2. The molecule has 2 aliphatic heterocycles. The van der Waals surface area contributed by atoms with Crippen LogP contribution in [0.4, 0.5) is 10.1 Å². The number of benzene rings is 1. The number of para-hydroxylation sites is 1. The van der Waals surface area contributed by atoms with Crippen LogP contribution in [0.25, 0.3) is 5.65 Å². The van der Waals surface area contributed by atoms with Gasteiger partial charge in [-0.2, -0.15) is 5.10 Å². The molecule has 2 aliphatic rings. The highest BCUT2D eigenvalue weighted by Crippen LogP contribution is 2.30. The summed E-state index contributed by atoms with van der Waals surface area (Å²) in [7, 11) is 2.14. The Morgan fingerprint density at radius 1 is 1.06 bits per heavy atom. The topological polar surface area (TPSA) is 57.0 Å². The number of halogens is 1. The van der Waals surface area contributed by atoms with Crippen molar-refractivity contribution in [2.45, 2.75) is 33.4 Å². The van der Waals surface area contributed by atoms with Crippen LogP contribution in [0.5, 0.6) is 0 Å². The summed E-state index contributed by atoms with van der Waals surface area (Å²) in [6, 6.07) is 7.87. The Morgan fingerprint density at radius 2 is 1.87 bits per heavy atom. The Hall–Kier alpha value is -3.00. The Morgan fingerprint density at radius 3 is 2.71 bits per heavy atom. The number of hydrogen-bond acceptors (Lipinski definition) is 5. The quantitative estimate of drug-likeness (QED) is 0.636. The standard InChI is InChI=1S/C23H27FN6O/c1-15-21(24)16(2)30-22(25-15)18-13-29(14-19(18)26-30)23(31)17-7-4-5-8-20(17)28-10-6-9-27(3)11-12-28/h4-5,7-8H,6,9-14H2,1-3H3. The van der Waals surface area contributed by atoms with E-state index in [2.05, 4.69) is 26.9 Å². The Kier molecular flexibility index (Phi) is 4.89. The van der Waals surface area contributed by atoms with Gasteiger partial charge in [-0.1, -0.05) is 12.1 Å². The average Bonchev–Trinajstić information content (AvgIpc) is 3.25. The number of fused-ring (bicyclic) bond motifs is 3. The lowest BCUT2D eigenvalue weighted by molar-refractivity contribution is 0.0750. The van der Waals surface area contributed by atoms with Gasteiger partial charge in [0.25, 0.3) is 5.91 Å². The molecule has 0 spiro atoms. The molecule has 31 heavy (non-hydrogen) atoms. The fourth-order valence-electron chi connectivity index (χ4n) is 4.64. The van der Waals surface area contributed by atoms with Crippen LogP contribution in [0.2, 0.25) is 0 Å². The van der Waals surface area contributed by atoms with Gasteiger partial charge in [-0.3, -0.25) is 4.79 Å². The van der Waals surface area contributed by atoms with Crippen molar-refractivity contribution in [1.82, 2.24) is 24.4 Å². The number of carbonyl (C=O) groups is 1. The summed E-state index contributed by atoms with van der Waals surface area (Å²) >= 11 is 0. The summed E-state index contributed by atoms with van der Waals surface area (Å²) in [6.45, 7) is 8.11. The van der Waals surface area contributed by atoms with Gasteiger partial charge in [-0.25, -0.2) is 13.9 Å². The van der Waals surface area contributed by atoms with Crippen LogP contribution in [0.1, 0.15) is 39.4 Å². The number of anilines is 1. The molecule has 1 saturated heterocycles. The molecule has 3 aromatic rings. The summed E-state index contributed by atoms with van der Waals surface area (Å²) in [5, 5.41) is 4.56. The molecule has 0 unspecified atom stereocenters. The van der Waals surface area contributed by atoms with E-state index < -0.39 is 0 Å². The third kappa shape index (κ3) is 3.35. The molecule has 1 fully saturated rings. The monoisotopic (exact) mass is 422 g/mol. The maximum Gasteiger partial charge on any atom is 0.256 e. The van der Waals surface area contributed by atoms with Crippen molar-refractivity contribution in [2.75, 3.05) is 38.1 Å². The van der Waals surface area contributed by atoms with Crippen LogP contribution in [-0.2, 0) is 13.1 Å². The minimum Gasteiger partial charge on any atom is -0.370 e. The van der Waals surface area contributed by atoms with Crippen molar-refractivity contribution in [1.29, 1.82) is 0 Å². The van der Waals surface area contributed by atoms with Gasteiger partial charge in [0.2, 0.25) is 0 Å². The zero-order valence-electron chi connectivity index (χ0n) is 18.2. The Labute approximate surface area is 181 Å². The van der Waals surface area contributed by atoms with Crippen LogP contribution in [0.15, 0.2) is 24.3 Å². The average molecular weight is 423 g/mol. The summed E-state index contributed by atoms with van der Waals surface area (Å²) in [4.78, 5) is 24.4. The molecule has 162 valence electrons. The highest BCUT2D eigenvalue weighted by Gasteiger charge is 2.32. The second-order valence-electron chi connectivity index (χ2n) is 8.58. The van der Waals surface area contributed by atoms with Crippen LogP contribution >= 0.6 is 0 Å². The van der Waals surface area contributed by atoms with E-state index in [1.807, 2.05) is 29.2 Å². The second kappa shape index (κ2) is 7.60. The summed E-state index contributed by atoms with van der Waals surface area (Å²) in [5.74, 6) is -0.335. The number of rotatable bonds is 2. The van der Waals surface area contributed by atoms with Crippen LogP contribution < -0.4 is 4.90 Å². The van der Waals surface area contributed by atoms with Crippen LogP contribution in [0, 0.1) is 19.7 Å². The van der Waals surface area contributed by atoms with Gasteiger partial charge in [0.1, 0.15) is 0 Å². The summed E-state index contributed by atoms with van der Waals surface area (Å²) < 4.78 is 15.8. The molecule has 2 aromatic heterocycles. The summed E-state index contributed by atoms with van der Waals surface area (Å²) in [5.41, 5.74) is 4.87. The van der Waals surface area contributed by atoms with Crippen molar-refractivity contribution in [2.24, 2.45) is 0 Å². The third-order valence-electron chi connectivity index (χ3n) is 6.44. The number of hydrogen-bond donors (Lipinski definition) is 0. The van der Waals surface area contributed by atoms with E-state index in [4.69, 9.17) is 0 Å². The van der Waals surface area contributed by atoms with Gasteiger partial charge >= 0.3 is 0 Å². The number of carbonyl (C=O) groups excluding carboxylic acids is 1. The van der Waals surface area contributed by atoms with Crippen molar-refractivity contribution >= 4 is 17.2 Å². The Bertz CT molecular complexity index is 1170. The number of nitrogens with zero attached hydrogens (tertiary/aromatic N) is 6. The van der Waals surface area contributed by atoms with Gasteiger partial charge in [0.05, 0.1) is 35.7 Å². The van der Waals surface area contributed by atoms with E-state index in [1.54, 1.807) is 18.4 Å². The summed E-state index contributed by atoms with van der Waals surface area (Å²) in [6.07, 6.45) is 1.08. The van der Waals surface area contributed by atoms with E-state index in [0.717, 1.165) is 55.1 Å². The first kappa shape index (κ1) is 19.9. The largest absolute Gasteiger partial charge is 0.370 e. The van der Waals surface area contributed by atoms with E-state index in [9.17, 15) is 9.18 Å². The Balaban J connectivity index is 1.44. The molecule has 0 atom stereocenters. The zero-order chi connectivity index (χ0) is 21.7. The number of amides is 1. The predicted octanol–water partition coefficient (Wildman–Crippen LogP) is 2.78. The van der Waals surface area contributed by atoms with Gasteiger partial charge in [-0.15, -0.1) is 0 Å². The van der Waals surface area contributed by atoms with Gasteiger partial charge < -0.3 is 14.7 Å². The molecule has 0 radical (unpaired) electrons. The predicted molar refractivity (Wildman–Crippen MR) is 117 cm³/mol. The molecule has 0 aliphatic carbocycles. The molecular weight excluding hydrogens is 395 g/mol. The van der Waals surface area contributed by atoms with E-state index in [1.165, 1.54) is 0 Å². The first-order chi connectivity index (χ1) is 14.9. The fraction of sp³-hybridized carbons (Fsp3) is 0.435. The molecule has 7 nitrogen and oxygen atoms in total. The first-order valence-electron chi connectivity index (χ1n) is 10.8. The van der Waals surface area contributed by atoms with Crippen LogP contribution in [0.3, 0.4) is 0 Å². The molecule has 8 heteroatoms. The smallest absolute Gasteiger partial charge is 0.256 e. The fourth-order valence-corrected chi connectivity index (χ4v) is 4.64. The third-order valence-corrected chi connectivity index (χ3v) is 6.44. The lowest BCUT2D eigenvalue weighted by atomic mass is 10.1. The number of likely N-dealkylation sites (N-methyl/N-ethyl adjacent to an activating group) is 1. The number of aromatic nitrogens is 3. The van der Waals surface area contributed by atoms with Crippen molar-refractivity contribution in [3.63, 3.8) is 0 Å². The molecule has 4 heterocycles. The SMILES string of the molecule is Cc1nc2c3c(nn2c(C)c1F)CN(C(=O)c1ccccc1N1CCCN(C)CC1)C3. The molecule has 0 bridgehead atoms. The normalized spacial score (nSPS) is 17.3. The van der Waals surface area contributed by atoms with Crippen molar-refractivity contribution in [3.8, 4) is 0 Å². The van der Waals surface area contributed by atoms with E-state index in [0.29, 0.717) is 30.1 Å². The lowest BCUT2D eigenvalue weighted by Crippen LogP contribution is -2.32. The van der Waals surface area contributed by atoms with E-state index in [-0.39, 0.29) is 11.7 Å². The van der Waals surface area contributed by atoms with Crippen molar-refractivity contribution in [3.05, 3.63) is 58.3 Å². The van der Waals surface area contributed by atoms with Crippen LogP contribution in [-0.4, -0.2) is 63.5 Å². The molecule has 0 saturated carbocycles. The maximum absolute atomic E-state index is 14.2. The van der Waals surface area contributed by atoms with Gasteiger partial charge in [0, 0.05) is 30.9 Å². The first-order valence-corrected chi connectivity index (χ1v) is 10.8. The highest BCUT2D eigenvalue weighted by atomic mass is 19.1. The highest BCUT2D eigenvalue weighted by molar-refractivity contribution is 6.00. The second-order valence-corrected chi connectivity index (χ2v) is 8.58. The van der Waals surface area contributed by atoms with Crippen molar-refractivity contribution < 1.29 is 9.18 Å². The molecule has 0 N–H and O–H groups in total. The maximum atomic E-state index is 14.2. The minimum atomic E-state index is -0.335. The molecule has 5 rings (SSSR count). The van der Waals surface area contributed by atoms with Gasteiger partial charge in [-0.05, 0) is 46.0 Å². The minimum absolute atomic E-state index is 0.0000860. The lowest BCUT2D eigenvalue weighted by Gasteiger charge is -2.26. The van der Waals surface area contributed by atoms with E-state index >= 15 is 0 Å². The molecule has 1 amide bonds. The molecular formula is C23H27FN6O. The van der Waals surface area contributed by atoms with Gasteiger partial charge in [0.15, 0.2) is 11.5 Å². The zero-order valence-corrected chi connectivity index (χ0v) is 18.2.